The quantitative estimate of drug-likeness (QED) is 0.0258. The Hall–Kier alpha value is -6.75. The number of unbranched alkanes of at least 4 members (excludes halogenated alkanes) is 11. The molecule has 17 atom stereocenters. The summed E-state index contributed by atoms with van der Waals surface area (Å²) in [7, 11) is 0. The maximum Gasteiger partial charge on any atom is 0.297 e. The monoisotopic (exact) mass is 1120 g/mol. The lowest BCUT2D eigenvalue weighted by molar-refractivity contribution is -0.380. The lowest BCUT2D eigenvalue weighted by atomic mass is 9.96. The van der Waals surface area contributed by atoms with Crippen molar-refractivity contribution in [3.05, 3.63) is 12.2 Å². The van der Waals surface area contributed by atoms with E-state index in [0.717, 1.165) is 25.7 Å². The maximum absolute atomic E-state index is 13.0. The fourth-order valence-corrected chi connectivity index (χ4v) is 7.87. The molecule has 12 N–H and O–H groups in total. The van der Waals surface area contributed by atoms with Gasteiger partial charge in [-0.25, -0.2) is 0 Å². The minimum atomic E-state index is -2.02. The number of hydrogen-bond donors (Lipinski definition) is 12. The number of carbonyl (C=O) groups is 1. The van der Waals surface area contributed by atoms with Crippen LogP contribution in [0, 0.1) is 142 Å². The van der Waals surface area contributed by atoms with E-state index in [1.165, 1.54) is 51.0 Å². The summed E-state index contributed by atoms with van der Waals surface area (Å²) in [6.07, 6.45) is -11.5. The van der Waals surface area contributed by atoms with E-state index in [1.807, 2.05) is 0 Å². The van der Waals surface area contributed by atoms with Crippen molar-refractivity contribution in [2.24, 2.45) is 0 Å². The highest BCUT2D eigenvalue weighted by Crippen LogP contribution is 2.33. The Morgan fingerprint density at radius 3 is 1.37 bits per heavy atom. The van der Waals surface area contributed by atoms with E-state index in [1.54, 1.807) is 13.0 Å². The molecule has 0 radical (unpaired) electrons. The average molecular weight is 1120 g/mol. The molecule has 0 aliphatic carbocycles. The number of hydrogen-bond acceptors (Lipinski definition) is 18. The second-order valence-corrected chi connectivity index (χ2v) is 18.1. The van der Waals surface area contributed by atoms with Crippen molar-refractivity contribution in [1.29, 1.82) is 0 Å². The van der Waals surface area contributed by atoms with Crippen LogP contribution in [0.2, 0.25) is 0 Å². The lowest BCUT2D eigenvalue weighted by Gasteiger charge is -2.48. The van der Waals surface area contributed by atoms with Crippen LogP contribution in [0.4, 0.5) is 0 Å². The van der Waals surface area contributed by atoms with E-state index >= 15 is 0 Å². The summed E-state index contributed by atoms with van der Waals surface area (Å²) in [4.78, 5) is 13.0. The van der Waals surface area contributed by atoms with Gasteiger partial charge >= 0.3 is 0 Å². The van der Waals surface area contributed by atoms with Gasteiger partial charge in [0.2, 0.25) is 0 Å². The van der Waals surface area contributed by atoms with Crippen molar-refractivity contribution in [3.63, 3.8) is 0 Å². The van der Waals surface area contributed by atoms with Crippen LogP contribution in [0.5, 0.6) is 0 Å². The Morgan fingerprint density at radius 2 is 0.889 bits per heavy atom. The van der Waals surface area contributed by atoms with Crippen LogP contribution >= 0.6 is 0 Å². The van der Waals surface area contributed by atoms with E-state index in [2.05, 4.69) is 154 Å². The van der Waals surface area contributed by atoms with Gasteiger partial charge in [0.15, 0.2) is 18.9 Å². The largest absolute Gasteiger partial charge is 0.394 e. The Morgan fingerprint density at radius 1 is 0.481 bits per heavy atom. The van der Waals surface area contributed by atoms with E-state index < -0.39 is 137 Å². The minimum Gasteiger partial charge on any atom is -0.394 e. The molecule has 3 heterocycles. The molecule has 3 aliphatic heterocycles. The summed E-state index contributed by atoms with van der Waals surface area (Å²) < 4.78 is 33.9. The highest BCUT2D eigenvalue weighted by atomic mass is 16.8. The van der Waals surface area contributed by atoms with Crippen LogP contribution in [0.25, 0.3) is 0 Å². The van der Waals surface area contributed by atoms with Gasteiger partial charge in [0.1, 0.15) is 73.2 Å². The average Bonchev–Trinajstić information content (AvgIpc) is 3.47. The number of aliphatic hydroxyl groups excluding tert-OH is 11. The topological polar surface area (TPSA) is 307 Å². The number of aliphatic hydroxyl groups is 11. The van der Waals surface area contributed by atoms with E-state index in [4.69, 9.17) is 28.4 Å². The highest BCUT2D eigenvalue weighted by molar-refractivity contribution is 5.94. The van der Waals surface area contributed by atoms with Crippen LogP contribution < -0.4 is 5.32 Å². The van der Waals surface area contributed by atoms with Gasteiger partial charge in [-0.3, -0.25) is 4.79 Å². The number of carbonyl (C=O) groups excluding carboxylic acids is 1. The zero-order valence-corrected chi connectivity index (χ0v) is 45.1. The second-order valence-electron chi connectivity index (χ2n) is 18.1. The molecular formula is C62H69NO18. The normalized spacial score (nSPS) is 27.4. The van der Waals surface area contributed by atoms with Gasteiger partial charge in [0, 0.05) is 41.4 Å². The lowest BCUT2D eigenvalue weighted by Crippen LogP contribution is -2.67. The molecule has 0 bridgehead atoms. The van der Waals surface area contributed by atoms with E-state index in [0.29, 0.717) is 6.42 Å². The van der Waals surface area contributed by atoms with Crippen LogP contribution in [-0.4, -0.2) is 193 Å². The summed E-state index contributed by atoms with van der Waals surface area (Å²) in [5, 5.41) is 120. The number of nitrogens with one attached hydrogen (secondary N) is 1. The van der Waals surface area contributed by atoms with Crippen molar-refractivity contribution in [3.8, 4) is 142 Å². The first-order valence-corrected chi connectivity index (χ1v) is 26.4. The van der Waals surface area contributed by atoms with Gasteiger partial charge in [0.05, 0.1) is 38.6 Å². The summed E-state index contributed by atoms with van der Waals surface area (Å²) in [5.41, 5.74) is 0. The standard InChI is InChI=1S/C62H69NO18/c1-3-5-7-9-11-13-15-17-18-19-20-21-22-23-24-25-26-28-30-32-34-36-38-40-50(68)63-45(46(67)39-37-35-33-31-29-27-16-14-12-10-8-6-4-2)44-76-60-56(74)54(72)58(49(43-66)79-60)80-62-57(75)59(52(70)48(42-65)78-62)81-61-55(73)53(71)51(69)47(41-64)77-61/h37,39,45-49,51-62,64-67,69-75H,4,6,8,10,12,14,16,27,29,31,33,35,41-44H2,1-2H3,(H,63,68)/t45-,46+,47?,48?,49?,51?,52?,53?,54?,55?,56?,57?,58?,59?,60?,61?,62?/m0/s1. The van der Waals surface area contributed by atoms with Gasteiger partial charge in [0.25, 0.3) is 5.91 Å². The molecule has 430 valence electrons. The van der Waals surface area contributed by atoms with Gasteiger partial charge in [-0.15, -0.1) is 0 Å². The van der Waals surface area contributed by atoms with Crippen LogP contribution in [0.3, 0.4) is 0 Å². The molecule has 81 heavy (non-hydrogen) atoms. The fourth-order valence-electron chi connectivity index (χ4n) is 7.87. The molecule has 0 spiro atoms. The van der Waals surface area contributed by atoms with Crippen molar-refractivity contribution in [1.82, 2.24) is 5.32 Å². The van der Waals surface area contributed by atoms with Gasteiger partial charge < -0.3 is 89.9 Å². The Bertz CT molecular complexity index is 2820. The molecule has 0 aromatic heterocycles. The molecule has 0 aromatic rings. The fraction of sp³-hybridized carbons (Fsp3) is 0.565. The second kappa shape index (κ2) is 41.3. The third-order valence-corrected chi connectivity index (χ3v) is 12.2. The molecule has 3 aliphatic rings. The van der Waals surface area contributed by atoms with E-state index in [9.17, 15) is 61.0 Å². The first-order chi connectivity index (χ1) is 39.3. The Balaban J connectivity index is 1.66. The van der Waals surface area contributed by atoms with Crippen molar-refractivity contribution in [2.45, 2.75) is 195 Å². The zero-order chi connectivity index (χ0) is 59.0. The van der Waals surface area contributed by atoms with Crippen LogP contribution in [0.15, 0.2) is 12.2 Å². The molecule has 19 heteroatoms. The predicted octanol–water partition coefficient (Wildman–Crippen LogP) is -2.38. The minimum absolute atomic E-state index is 0.543. The third kappa shape index (κ3) is 25.7. The molecule has 1 amide bonds. The van der Waals surface area contributed by atoms with Gasteiger partial charge in [-0.2, -0.15) is 0 Å². The molecule has 3 rings (SSSR count). The highest BCUT2D eigenvalue weighted by Gasteiger charge is 2.54. The first-order valence-electron chi connectivity index (χ1n) is 26.4. The van der Waals surface area contributed by atoms with Crippen molar-refractivity contribution in [2.75, 3.05) is 26.4 Å². The molecule has 3 saturated heterocycles. The summed E-state index contributed by atoms with van der Waals surface area (Å²) in [6.45, 7) is 0.744. The van der Waals surface area contributed by atoms with Crippen molar-refractivity contribution < 1.29 is 89.4 Å². The number of ether oxygens (including phenoxy) is 6. The van der Waals surface area contributed by atoms with E-state index in [-0.39, 0.29) is 0 Å². The first kappa shape index (κ1) is 68.5. The Kier molecular flexibility index (Phi) is 34.9. The molecule has 0 aromatic carbocycles. The maximum atomic E-state index is 13.0. The number of allylic oxidation sites excluding steroid dienone is 1. The summed E-state index contributed by atoms with van der Waals surface area (Å²) >= 11 is 0. The number of amides is 1. The zero-order valence-electron chi connectivity index (χ0n) is 45.1. The molecule has 15 unspecified atom stereocenters. The summed E-state index contributed by atoms with van der Waals surface area (Å²) in [6, 6.07) is -1.22. The smallest absolute Gasteiger partial charge is 0.297 e. The van der Waals surface area contributed by atoms with Crippen LogP contribution in [-0.2, 0) is 33.2 Å². The predicted molar refractivity (Wildman–Crippen MR) is 292 cm³/mol. The number of rotatable bonds is 25. The van der Waals surface area contributed by atoms with Gasteiger partial charge in [-0.05, 0) is 114 Å². The van der Waals surface area contributed by atoms with Crippen molar-refractivity contribution >= 4 is 5.91 Å². The summed E-state index contributed by atoms with van der Waals surface area (Å²) in [5.74, 6) is 58.4. The van der Waals surface area contributed by atoms with Gasteiger partial charge in [-0.1, -0.05) is 89.2 Å². The molecule has 19 nitrogen and oxygen atoms in total. The SMILES string of the molecule is CC#CC#CC#CC#CC#CC#CC#CC#CC#CC#CC#CC#CC(=O)N[C@@H](COC1OC(CO)C(OC2OC(CO)C(O)C(OC3OC(CO)C(O)C(O)C3O)C2O)C(O)C1O)[C@H](O)C=CCCCCCCCCCCCCC. The molecule has 3 fully saturated rings. The third-order valence-electron chi connectivity index (χ3n) is 12.2. The van der Waals surface area contributed by atoms with Crippen LogP contribution in [0.1, 0.15) is 90.9 Å². The molecule has 0 saturated carbocycles. The Labute approximate surface area is 474 Å². The molecular weight excluding hydrogens is 1050 g/mol.